The standard InChI is InChI=1S/C31H39ClF2N6O2/c1-4-27(41)39-14-15-40(20(2)18-39)31(35)24-17-25(32)28(23-8-7-21(33)16-26(23)34)30-29(24)36-22(19-42-30)6-5-9-38-12-10-37(3)11-13-38/h4,7-8,16-17,20,22,35-36H,1,5-6,9-15,18-19H2,2-3H3/t20-,22?/m0/s1. The van der Waals surface area contributed by atoms with Gasteiger partial charge in [-0.05, 0) is 57.6 Å². The van der Waals surface area contributed by atoms with Gasteiger partial charge in [0.05, 0.1) is 16.8 Å². The van der Waals surface area contributed by atoms with Crippen LogP contribution in [0.5, 0.6) is 5.75 Å². The third-order valence-corrected chi connectivity index (χ3v) is 8.79. The topological polar surface area (TPSA) is 75.1 Å². The van der Waals surface area contributed by atoms with Gasteiger partial charge >= 0.3 is 0 Å². The van der Waals surface area contributed by atoms with Gasteiger partial charge in [-0.2, -0.15) is 0 Å². The molecule has 0 radical (unpaired) electrons. The summed E-state index contributed by atoms with van der Waals surface area (Å²) in [6.45, 7) is 12.6. The fraction of sp³-hybridized carbons (Fsp3) is 0.484. The second-order valence-electron chi connectivity index (χ2n) is 11.4. The molecule has 1 amide bonds. The molecule has 0 aliphatic carbocycles. The molecule has 3 aliphatic rings. The molecule has 2 fully saturated rings. The van der Waals surface area contributed by atoms with Crippen molar-refractivity contribution >= 4 is 29.0 Å². The van der Waals surface area contributed by atoms with Crippen molar-refractivity contribution in [3.05, 3.63) is 59.1 Å². The van der Waals surface area contributed by atoms with E-state index in [1.165, 1.54) is 18.2 Å². The first-order valence-corrected chi connectivity index (χ1v) is 14.9. The summed E-state index contributed by atoms with van der Waals surface area (Å²) >= 11 is 6.78. The van der Waals surface area contributed by atoms with E-state index in [0.29, 0.717) is 48.8 Å². The maximum atomic E-state index is 15.0. The van der Waals surface area contributed by atoms with Gasteiger partial charge in [-0.1, -0.05) is 18.2 Å². The number of amides is 1. The summed E-state index contributed by atoms with van der Waals surface area (Å²) in [5.41, 5.74) is 1.59. The molecule has 3 aliphatic heterocycles. The molecule has 11 heteroatoms. The van der Waals surface area contributed by atoms with Crippen LogP contribution in [0.4, 0.5) is 14.5 Å². The van der Waals surface area contributed by atoms with E-state index in [4.69, 9.17) is 16.3 Å². The Labute approximate surface area is 251 Å². The Morgan fingerprint density at radius 2 is 1.95 bits per heavy atom. The zero-order valence-corrected chi connectivity index (χ0v) is 25.0. The molecule has 2 aromatic carbocycles. The van der Waals surface area contributed by atoms with E-state index in [9.17, 15) is 19.0 Å². The van der Waals surface area contributed by atoms with Crippen molar-refractivity contribution in [3.8, 4) is 16.9 Å². The summed E-state index contributed by atoms with van der Waals surface area (Å²) in [7, 11) is 2.15. The van der Waals surface area contributed by atoms with Crippen LogP contribution in [0.15, 0.2) is 36.9 Å². The number of likely N-dealkylation sites (N-methyl/N-ethyl adjacent to an activating group) is 1. The number of piperazine rings is 2. The number of carbonyl (C=O) groups excluding carboxylic acids is 1. The first-order chi connectivity index (χ1) is 20.2. The highest BCUT2D eigenvalue weighted by Gasteiger charge is 2.33. The van der Waals surface area contributed by atoms with E-state index in [-0.39, 0.29) is 34.4 Å². The van der Waals surface area contributed by atoms with Gasteiger partial charge in [-0.15, -0.1) is 0 Å². The van der Waals surface area contributed by atoms with Crippen LogP contribution in [0.1, 0.15) is 25.3 Å². The number of carbonyl (C=O) groups is 1. The van der Waals surface area contributed by atoms with Crippen molar-refractivity contribution in [1.82, 2.24) is 19.6 Å². The summed E-state index contributed by atoms with van der Waals surface area (Å²) in [6, 6.07) is 4.92. The Kier molecular flexibility index (Phi) is 9.35. The van der Waals surface area contributed by atoms with E-state index >= 15 is 0 Å². The van der Waals surface area contributed by atoms with Gasteiger partial charge in [0.15, 0.2) is 5.75 Å². The average molecular weight is 601 g/mol. The third-order valence-electron chi connectivity index (χ3n) is 8.49. The molecule has 2 saturated heterocycles. The summed E-state index contributed by atoms with van der Waals surface area (Å²) in [6.07, 6.45) is 3.15. The summed E-state index contributed by atoms with van der Waals surface area (Å²) < 4.78 is 35.0. The van der Waals surface area contributed by atoms with Crippen LogP contribution >= 0.6 is 11.6 Å². The molecule has 0 saturated carbocycles. The number of ether oxygens (including phenoxy) is 1. The first-order valence-electron chi connectivity index (χ1n) is 14.5. The second-order valence-corrected chi connectivity index (χ2v) is 11.8. The predicted molar refractivity (Wildman–Crippen MR) is 163 cm³/mol. The maximum Gasteiger partial charge on any atom is 0.246 e. The minimum atomic E-state index is -0.739. The van der Waals surface area contributed by atoms with Crippen molar-refractivity contribution in [2.75, 3.05) is 71.3 Å². The molecular formula is C31H39ClF2N6O2. The van der Waals surface area contributed by atoms with Gasteiger partial charge in [-0.25, -0.2) is 8.78 Å². The lowest BCUT2D eigenvalue weighted by Gasteiger charge is -2.41. The lowest BCUT2D eigenvalue weighted by molar-refractivity contribution is -0.128. The van der Waals surface area contributed by atoms with Crippen molar-refractivity contribution < 1.29 is 18.3 Å². The molecule has 1 unspecified atom stereocenters. The van der Waals surface area contributed by atoms with E-state index < -0.39 is 11.6 Å². The van der Waals surface area contributed by atoms with Crippen LogP contribution in [0.3, 0.4) is 0 Å². The van der Waals surface area contributed by atoms with Gasteiger partial charge in [-0.3, -0.25) is 10.2 Å². The fourth-order valence-electron chi connectivity index (χ4n) is 6.04. The number of nitrogens with zero attached hydrogens (tertiary/aromatic N) is 4. The van der Waals surface area contributed by atoms with Crippen LogP contribution in [0.2, 0.25) is 5.02 Å². The van der Waals surface area contributed by atoms with Gasteiger partial charge in [0.25, 0.3) is 0 Å². The molecule has 3 heterocycles. The largest absolute Gasteiger partial charge is 0.489 e. The molecule has 2 atom stereocenters. The molecular weight excluding hydrogens is 562 g/mol. The van der Waals surface area contributed by atoms with E-state index in [1.54, 1.807) is 11.0 Å². The zero-order chi connectivity index (χ0) is 30.0. The molecule has 226 valence electrons. The molecule has 0 aromatic heterocycles. The van der Waals surface area contributed by atoms with Crippen LogP contribution in [0, 0.1) is 17.0 Å². The van der Waals surface area contributed by atoms with E-state index in [0.717, 1.165) is 51.6 Å². The number of rotatable bonds is 7. The summed E-state index contributed by atoms with van der Waals surface area (Å²) in [5, 5.41) is 13.0. The smallest absolute Gasteiger partial charge is 0.246 e. The first kappa shape index (κ1) is 30.3. The van der Waals surface area contributed by atoms with Gasteiger partial charge < -0.3 is 29.7 Å². The molecule has 8 nitrogen and oxygen atoms in total. The molecule has 2 N–H and O–H groups in total. The van der Waals surface area contributed by atoms with Crippen LogP contribution < -0.4 is 10.1 Å². The number of fused-ring (bicyclic) bond motifs is 1. The van der Waals surface area contributed by atoms with Crippen LogP contribution in [0.25, 0.3) is 11.1 Å². The quantitative estimate of drug-likeness (QED) is 0.276. The van der Waals surface area contributed by atoms with Gasteiger partial charge in [0.1, 0.15) is 24.1 Å². The lowest BCUT2D eigenvalue weighted by atomic mass is 9.96. The van der Waals surface area contributed by atoms with Crippen molar-refractivity contribution in [2.24, 2.45) is 0 Å². The minimum absolute atomic E-state index is 0.0110. The number of nitrogens with one attached hydrogen (secondary N) is 2. The number of benzene rings is 2. The predicted octanol–water partition coefficient (Wildman–Crippen LogP) is 4.53. The number of anilines is 1. The maximum absolute atomic E-state index is 15.0. The average Bonchev–Trinajstić information content (AvgIpc) is 2.97. The highest BCUT2D eigenvalue weighted by molar-refractivity contribution is 6.34. The van der Waals surface area contributed by atoms with E-state index in [2.05, 4.69) is 28.7 Å². The van der Waals surface area contributed by atoms with Gasteiger partial charge in [0, 0.05) is 74.6 Å². The molecule has 42 heavy (non-hydrogen) atoms. The molecule has 0 bridgehead atoms. The number of hydrogen-bond acceptors (Lipinski definition) is 6. The highest BCUT2D eigenvalue weighted by Crippen LogP contribution is 2.47. The zero-order valence-electron chi connectivity index (χ0n) is 24.3. The Balaban J connectivity index is 1.42. The number of hydrogen-bond donors (Lipinski definition) is 2. The third kappa shape index (κ3) is 6.40. The fourth-order valence-corrected chi connectivity index (χ4v) is 6.33. The minimum Gasteiger partial charge on any atom is -0.489 e. The van der Waals surface area contributed by atoms with Crippen molar-refractivity contribution in [2.45, 2.75) is 31.8 Å². The van der Waals surface area contributed by atoms with E-state index in [1.807, 2.05) is 11.8 Å². The Morgan fingerprint density at radius 1 is 1.19 bits per heavy atom. The van der Waals surface area contributed by atoms with Crippen LogP contribution in [-0.2, 0) is 4.79 Å². The van der Waals surface area contributed by atoms with Crippen molar-refractivity contribution in [1.29, 1.82) is 5.41 Å². The van der Waals surface area contributed by atoms with Crippen LogP contribution in [-0.4, -0.2) is 109 Å². The Morgan fingerprint density at radius 3 is 2.64 bits per heavy atom. The molecule has 0 spiro atoms. The summed E-state index contributed by atoms with van der Waals surface area (Å²) in [5.74, 6) is -0.949. The Bertz CT molecular complexity index is 1350. The lowest BCUT2D eigenvalue weighted by Crippen LogP contribution is -2.55. The summed E-state index contributed by atoms with van der Waals surface area (Å²) in [4.78, 5) is 20.7. The number of amidine groups is 1. The Hall–Kier alpha value is -3.21. The molecule has 5 rings (SSSR count). The highest BCUT2D eigenvalue weighted by atomic mass is 35.5. The van der Waals surface area contributed by atoms with Gasteiger partial charge in [0.2, 0.25) is 5.91 Å². The molecule has 2 aromatic rings. The SMILES string of the molecule is C=CC(=O)N1CCN(C(=N)c2cc(Cl)c(-c3ccc(F)cc3F)c3c2NC(CCCN2CCN(C)CC2)CO3)[C@@H](C)C1. The van der Waals surface area contributed by atoms with Crippen molar-refractivity contribution in [3.63, 3.8) is 0 Å². The normalized spacial score (nSPS) is 21.4. The number of halogens is 3. The monoisotopic (exact) mass is 600 g/mol. The second kappa shape index (κ2) is 13.0.